The van der Waals surface area contributed by atoms with Crippen molar-refractivity contribution in [2.24, 2.45) is 0 Å². The highest BCUT2D eigenvalue weighted by molar-refractivity contribution is 5.77. The van der Waals surface area contributed by atoms with Crippen LogP contribution in [0.5, 0.6) is 5.75 Å². The Morgan fingerprint density at radius 1 is 1.42 bits per heavy atom. The van der Waals surface area contributed by atoms with E-state index in [9.17, 15) is 9.90 Å². The van der Waals surface area contributed by atoms with Crippen LogP contribution in [0.1, 0.15) is 32.9 Å². The molecule has 0 spiro atoms. The summed E-state index contributed by atoms with van der Waals surface area (Å²) < 4.78 is 1.78. The van der Waals surface area contributed by atoms with E-state index >= 15 is 0 Å². The summed E-state index contributed by atoms with van der Waals surface area (Å²) in [5.41, 5.74) is 1.46. The molecule has 1 atom stereocenters. The number of nitrogens with zero attached hydrogens (tertiary/aromatic N) is 2. The molecule has 0 amide bonds. The SMILES string of the molecule is CC(C)N1CCCC1n1c(=O)[nH]c2ccc(O)cc21. The Bertz CT molecular complexity index is 656. The number of likely N-dealkylation sites (tertiary alicyclic amines) is 1. The van der Waals surface area contributed by atoms with Crippen molar-refractivity contribution in [3.8, 4) is 5.75 Å². The van der Waals surface area contributed by atoms with Gasteiger partial charge in [0.05, 0.1) is 17.2 Å². The van der Waals surface area contributed by atoms with Gasteiger partial charge in [0.1, 0.15) is 5.75 Å². The molecule has 0 aliphatic carbocycles. The molecule has 1 aromatic heterocycles. The fraction of sp³-hybridized carbons (Fsp3) is 0.500. The number of phenols is 1. The van der Waals surface area contributed by atoms with Gasteiger partial charge < -0.3 is 10.1 Å². The Morgan fingerprint density at radius 2 is 2.21 bits per heavy atom. The molecule has 102 valence electrons. The zero-order valence-corrected chi connectivity index (χ0v) is 11.3. The second-order valence-corrected chi connectivity index (χ2v) is 5.46. The molecule has 0 saturated carbocycles. The molecule has 1 unspecified atom stereocenters. The van der Waals surface area contributed by atoms with Gasteiger partial charge in [0.15, 0.2) is 0 Å². The summed E-state index contributed by atoms with van der Waals surface area (Å²) in [6, 6.07) is 5.40. The monoisotopic (exact) mass is 261 g/mol. The molecule has 1 fully saturated rings. The first kappa shape index (κ1) is 12.3. The summed E-state index contributed by atoms with van der Waals surface area (Å²) in [5.74, 6) is 0.189. The smallest absolute Gasteiger partial charge is 0.327 e. The Hall–Kier alpha value is -1.75. The number of benzene rings is 1. The Labute approximate surface area is 111 Å². The fourth-order valence-electron chi connectivity index (χ4n) is 3.06. The minimum Gasteiger partial charge on any atom is -0.508 e. The maximum Gasteiger partial charge on any atom is 0.327 e. The Kier molecular flexibility index (Phi) is 2.86. The molecule has 19 heavy (non-hydrogen) atoms. The van der Waals surface area contributed by atoms with Gasteiger partial charge in [-0.3, -0.25) is 9.47 Å². The van der Waals surface area contributed by atoms with E-state index in [1.54, 1.807) is 22.8 Å². The summed E-state index contributed by atoms with van der Waals surface area (Å²) >= 11 is 0. The zero-order valence-electron chi connectivity index (χ0n) is 11.3. The number of aromatic hydroxyl groups is 1. The van der Waals surface area contributed by atoms with E-state index in [-0.39, 0.29) is 17.6 Å². The number of nitrogens with one attached hydrogen (secondary N) is 1. The van der Waals surface area contributed by atoms with Gasteiger partial charge >= 0.3 is 5.69 Å². The zero-order chi connectivity index (χ0) is 13.6. The third kappa shape index (κ3) is 1.94. The molecule has 1 aromatic carbocycles. The lowest BCUT2D eigenvalue weighted by Crippen LogP contribution is -2.37. The first-order valence-corrected chi connectivity index (χ1v) is 6.77. The number of aromatic nitrogens is 2. The average Bonchev–Trinajstić information content (AvgIpc) is 2.91. The minimum absolute atomic E-state index is 0.0862. The van der Waals surface area contributed by atoms with Crippen LogP contribution in [0, 0.1) is 0 Å². The molecule has 2 N–H and O–H groups in total. The summed E-state index contributed by atoms with van der Waals surface area (Å²) in [6.07, 6.45) is 2.16. The van der Waals surface area contributed by atoms with E-state index < -0.39 is 0 Å². The first-order valence-electron chi connectivity index (χ1n) is 6.77. The number of aromatic amines is 1. The van der Waals surface area contributed by atoms with Crippen LogP contribution < -0.4 is 5.69 Å². The van der Waals surface area contributed by atoms with E-state index in [2.05, 4.69) is 23.7 Å². The number of imidazole rings is 1. The fourth-order valence-corrected chi connectivity index (χ4v) is 3.06. The maximum atomic E-state index is 12.2. The van der Waals surface area contributed by atoms with Crippen molar-refractivity contribution in [3.63, 3.8) is 0 Å². The Balaban J connectivity index is 2.16. The van der Waals surface area contributed by atoms with E-state index in [4.69, 9.17) is 0 Å². The molecule has 0 radical (unpaired) electrons. The van der Waals surface area contributed by atoms with Crippen molar-refractivity contribution < 1.29 is 5.11 Å². The van der Waals surface area contributed by atoms with Crippen molar-refractivity contribution in [1.29, 1.82) is 0 Å². The highest BCUT2D eigenvalue weighted by Gasteiger charge is 2.30. The Morgan fingerprint density at radius 3 is 2.95 bits per heavy atom. The number of phenolic OH excluding ortho intramolecular Hbond substituents is 1. The van der Waals surface area contributed by atoms with Gasteiger partial charge in [-0.05, 0) is 38.8 Å². The quantitative estimate of drug-likeness (QED) is 0.869. The molecule has 1 saturated heterocycles. The molecule has 5 nitrogen and oxygen atoms in total. The van der Waals surface area contributed by atoms with Crippen molar-refractivity contribution in [2.45, 2.75) is 38.9 Å². The van der Waals surface area contributed by atoms with E-state index in [1.807, 2.05) is 0 Å². The lowest BCUT2D eigenvalue weighted by atomic mass is 10.2. The highest BCUT2D eigenvalue weighted by atomic mass is 16.3. The van der Waals surface area contributed by atoms with Crippen molar-refractivity contribution in [2.75, 3.05) is 6.54 Å². The van der Waals surface area contributed by atoms with E-state index in [0.29, 0.717) is 6.04 Å². The molecular weight excluding hydrogens is 242 g/mol. The number of hydrogen-bond acceptors (Lipinski definition) is 3. The van der Waals surface area contributed by atoms with E-state index in [0.717, 1.165) is 30.4 Å². The summed E-state index contributed by atoms with van der Waals surface area (Å²) in [5, 5.41) is 9.64. The minimum atomic E-state index is -0.0989. The largest absolute Gasteiger partial charge is 0.508 e. The third-order valence-electron chi connectivity index (χ3n) is 3.92. The van der Waals surface area contributed by atoms with Crippen LogP contribution in [-0.4, -0.2) is 32.1 Å². The molecule has 1 aliphatic heterocycles. The molecule has 3 rings (SSSR count). The predicted octanol–water partition coefficient (Wildman–Crippen LogP) is 2.04. The average molecular weight is 261 g/mol. The molecule has 2 heterocycles. The van der Waals surface area contributed by atoms with Gasteiger partial charge in [0.25, 0.3) is 0 Å². The van der Waals surface area contributed by atoms with Gasteiger partial charge in [0.2, 0.25) is 0 Å². The number of hydrogen-bond donors (Lipinski definition) is 2. The summed E-state index contributed by atoms with van der Waals surface area (Å²) in [7, 11) is 0. The molecule has 2 aromatic rings. The number of rotatable bonds is 2. The van der Waals surface area contributed by atoms with Crippen molar-refractivity contribution in [1.82, 2.24) is 14.5 Å². The van der Waals surface area contributed by atoms with Crippen LogP contribution in [0.15, 0.2) is 23.0 Å². The van der Waals surface area contributed by atoms with Gasteiger partial charge in [-0.25, -0.2) is 4.79 Å². The van der Waals surface area contributed by atoms with Crippen LogP contribution in [0.4, 0.5) is 0 Å². The van der Waals surface area contributed by atoms with Crippen LogP contribution in [-0.2, 0) is 0 Å². The standard InChI is InChI=1S/C14H19N3O2/c1-9(2)16-7-3-4-13(16)17-12-8-10(18)5-6-11(12)15-14(17)19/h5-6,8-9,13,18H,3-4,7H2,1-2H3,(H,15,19). The summed E-state index contributed by atoms with van der Waals surface area (Å²) in [6.45, 7) is 5.31. The van der Waals surface area contributed by atoms with Gasteiger partial charge in [-0.15, -0.1) is 0 Å². The van der Waals surface area contributed by atoms with Crippen LogP contribution in [0.3, 0.4) is 0 Å². The second-order valence-electron chi connectivity index (χ2n) is 5.46. The first-order chi connectivity index (χ1) is 9.08. The van der Waals surface area contributed by atoms with Gasteiger partial charge in [0, 0.05) is 18.7 Å². The maximum absolute atomic E-state index is 12.2. The van der Waals surface area contributed by atoms with Crippen LogP contribution in [0.2, 0.25) is 0 Å². The highest BCUT2D eigenvalue weighted by Crippen LogP contribution is 2.30. The number of fused-ring (bicyclic) bond motifs is 1. The second kappa shape index (κ2) is 4.42. The lowest BCUT2D eigenvalue weighted by Gasteiger charge is -2.29. The lowest BCUT2D eigenvalue weighted by molar-refractivity contribution is 0.152. The van der Waals surface area contributed by atoms with E-state index in [1.165, 1.54) is 0 Å². The molecule has 0 bridgehead atoms. The van der Waals surface area contributed by atoms with Crippen LogP contribution in [0.25, 0.3) is 11.0 Å². The van der Waals surface area contributed by atoms with Crippen molar-refractivity contribution in [3.05, 3.63) is 28.7 Å². The number of H-pyrrole nitrogens is 1. The normalized spacial score (nSPS) is 20.7. The predicted molar refractivity (Wildman–Crippen MR) is 74.3 cm³/mol. The third-order valence-corrected chi connectivity index (χ3v) is 3.92. The molecule has 1 aliphatic rings. The topological polar surface area (TPSA) is 61.3 Å². The van der Waals surface area contributed by atoms with Crippen LogP contribution >= 0.6 is 0 Å². The van der Waals surface area contributed by atoms with Gasteiger partial charge in [-0.1, -0.05) is 0 Å². The van der Waals surface area contributed by atoms with Gasteiger partial charge in [-0.2, -0.15) is 0 Å². The van der Waals surface area contributed by atoms with Crippen molar-refractivity contribution >= 4 is 11.0 Å². The molecular formula is C14H19N3O2. The summed E-state index contributed by atoms with van der Waals surface area (Å²) in [4.78, 5) is 17.4. The molecule has 5 heteroatoms.